The minimum absolute atomic E-state index is 0.133. The van der Waals surface area contributed by atoms with Gasteiger partial charge in [-0.05, 0) is 37.5 Å². The summed E-state index contributed by atoms with van der Waals surface area (Å²) >= 11 is 0. The third-order valence-electron chi connectivity index (χ3n) is 4.04. The highest BCUT2D eigenvalue weighted by atomic mass is 16.8. The molecule has 0 bridgehead atoms. The Morgan fingerprint density at radius 2 is 2.11 bits per heavy atom. The first-order valence-corrected chi connectivity index (χ1v) is 7.39. The number of nitrogens with zero attached hydrogens (tertiary/aromatic N) is 1. The molecular formula is C14H26N2O3. The van der Waals surface area contributed by atoms with Gasteiger partial charge in [-0.3, -0.25) is 0 Å². The average Bonchev–Trinajstić information content (AvgIpc) is 2.58. The lowest BCUT2D eigenvalue weighted by Gasteiger charge is -2.26. The van der Waals surface area contributed by atoms with Crippen LogP contribution in [0.15, 0.2) is 0 Å². The standard InChI is InChI=1S/C14H26N2O3/c1-14(2)7-5-9-16(10-8-14)13(17)15-19-12-6-3-4-11-18-12/h12H,3-11H2,1-2H3,(H,15,17). The van der Waals surface area contributed by atoms with Crippen molar-refractivity contribution in [1.82, 2.24) is 10.4 Å². The Hall–Kier alpha value is -0.810. The predicted octanol–water partition coefficient (Wildman–Crippen LogP) is 2.67. The van der Waals surface area contributed by atoms with Gasteiger partial charge in [-0.25, -0.2) is 15.1 Å². The Morgan fingerprint density at radius 3 is 2.84 bits per heavy atom. The molecule has 0 radical (unpaired) electrons. The Labute approximate surface area is 115 Å². The summed E-state index contributed by atoms with van der Waals surface area (Å²) in [5, 5.41) is 0. The molecule has 2 aliphatic rings. The number of likely N-dealkylation sites (tertiary alicyclic amines) is 1. The summed E-state index contributed by atoms with van der Waals surface area (Å²) in [6, 6.07) is -0.133. The van der Waals surface area contributed by atoms with Crippen LogP contribution in [0.25, 0.3) is 0 Å². The Balaban J connectivity index is 1.73. The maximum atomic E-state index is 12.0. The van der Waals surface area contributed by atoms with Crippen LogP contribution in [-0.2, 0) is 9.57 Å². The maximum absolute atomic E-state index is 12.0. The van der Waals surface area contributed by atoms with Gasteiger partial charge < -0.3 is 9.64 Å². The van der Waals surface area contributed by atoms with Gasteiger partial charge in [0.1, 0.15) is 0 Å². The molecule has 0 spiro atoms. The average molecular weight is 270 g/mol. The summed E-state index contributed by atoms with van der Waals surface area (Å²) in [6.07, 6.45) is 6.02. The van der Waals surface area contributed by atoms with Crippen LogP contribution in [0, 0.1) is 5.41 Å². The number of carbonyl (C=O) groups excluding carboxylic acids is 1. The molecule has 5 heteroatoms. The molecular weight excluding hydrogens is 244 g/mol. The molecule has 110 valence electrons. The minimum atomic E-state index is -0.277. The van der Waals surface area contributed by atoms with E-state index in [9.17, 15) is 4.79 Å². The van der Waals surface area contributed by atoms with Gasteiger partial charge in [-0.15, -0.1) is 0 Å². The highest BCUT2D eigenvalue weighted by Crippen LogP contribution is 2.29. The third-order valence-corrected chi connectivity index (χ3v) is 4.04. The number of nitrogens with one attached hydrogen (secondary N) is 1. The van der Waals surface area contributed by atoms with Gasteiger partial charge in [-0.2, -0.15) is 0 Å². The smallest absolute Gasteiger partial charge is 0.341 e. The maximum Gasteiger partial charge on any atom is 0.341 e. The van der Waals surface area contributed by atoms with E-state index in [0.29, 0.717) is 5.41 Å². The number of carbonyl (C=O) groups is 1. The quantitative estimate of drug-likeness (QED) is 0.785. The second-order valence-corrected chi connectivity index (χ2v) is 6.33. The molecule has 2 aliphatic heterocycles. The molecule has 1 N–H and O–H groups in total. The number of hydrogen-bond acceptors (Lipinski definition) is 3. The summed E-state index contributed by atoms with van der Waals surface area (Å²) in [4.78, 5) is 19.2. The van der Waals surface area contributed by atoms with Gasteiger partial charge in [0.2, 0.25) is 0 Å². The molecule has 2 saturated heterocycles. The van der Waals surface area contributed by atoms with E-state index in [2.05, 4.69) is 19.3 Å². The van der Waals surface area contributed by atoms with Crippen LogP contribution >= 0.6 is 0 Å². The monoisotopic (exact) mass is 270 g/mol. The van der Waals surface area contributed by atoms with Gasteiger partial charge in [0.15, 0.2) is 6.29 Å². The molecule has 1 unspecified atom stereocenters. The fourth-order valence-corrected chi connectivity index (χ4v) is 2.61. The van der Waals surface area contributed by atoms with Gasteiger partial charge in [0.25, 0.3) is 0 Å². The van der Waals surface area contributed by atoms with E-state index in [1.165, 1.54) is 6.42 Å². The molecule has 0 aliphatic carbocycles. The van der Waals surface area contributed by atoms with Crippen molar-refractivity contribution in [2.75, 3.05) is 19.7 Å². The summed E-state index contributed by atoms with van der Waals surface area (Å²) in [6.45, 7) is 6.86. The number of hydroxylamine groups is 1. The van der Waals surface area contributed by atoms with E-state index < -0.39 is 0 Å². The second-order valence-electron chi connectivity index (χ2n) is 6.33. The summed E-state index contributed by atoms with van der Waals surface area (Å²) in [7, 11) is 0. The number of ether oxygens (including phenoxy) is 1. The first-order valence-electron chi connectivity index (χ1n) is 7.39. The van der Waals surface area contributed by atoms with Crippen molar-refractivity contribution in [3.05, 3.63) is 0 Å². The van der Waals surface area contributed by atoms with Crippen LogP contribution in [0.3, 0.4) is 0 Å². The number of rotatable bonds is 2. The second kappa shape index (κ2) is 6.57. The van der Waals surface area contributed by atoms with Crippen LogP contribution in [0.2, 0.25) is 0 Å². The van der Waals surface area contributed by atoms with Crippen LogP contribution in [0.5, 0.6) is 0 Å². The largest absolute Gasteiger partial charge is 0.350 e. The Bertz CT molecular complexity index is 301. The van der Waals surface area contributed by atoms with Crippen molar-refractivity contribution < 1.29 is 14.4 Å². The van der Waals surface area contributed by atoms with Gasteiger partial charge in [0.05, 0.1) is 0 Å². The molecule has 2 heterocycles. The highest BCUT2D eigenvalue weighted by Gasteiger charge is 2.26. The van der Waals surface area contributed by atoms with E-state index in [4.69, 9.17) is 9.57 Å². The predicted molar refractivity (Wildman–Crippen MR) is 72.4 cm³/mol. The van der Waals surface area contributed by atoms with Crippen LogP contribution < -0.4 is 5.48 Å². The number of urea groups is 1. The van der Waals surface area contributed by atoms with E-state index >= 15 is 0 Å². The van der Waals surface area contributed by atoms with Crippen molar-refractivity contribution in [2.24, 2.45) is 5.41 Å². The lowest BCUT2D eigenvalue weighted by molar-refractivity contribution is -0.187. The molecule has 0 aromatic carbocycles. The SMILES string of the molecule is CC1(C)CCCN(C(=O)NOC2CCCCO2)CC1. The molecule has 2 amide bonds. The van der Waals surface area contributed by atoms with Gasteiger partial charge in [-0.1, -0.05) is 13.8 Å². The minimum Gasteiger partial charge on any atom is -0.350 e. The van der Waals surface area contributed by atoms with Crippen molar-refractivity contribution >= 4 is 6.03 Å². The van der Waals surface area contributed by atoms with E-state index in [0.717, 1.165) is 51.8 Å². The first-order chi connectivity index (χ1) is 9.07. The van der Waals surface area contributed by atoms with E-state index in [1.807, 2.05) is 4.90 Å². The molecule has 1 atom stereocenters. The van der Waals surface area contributed by atoms with Crippen LogP contribution in [0.1, 0.15) is 52.4 Å². The summed E-state index contributed by atoms with van der Waals surface area (Å²) in [5.74, 6) is 0. The van der Waals surface area contributed by atoms with Crippen molar-refractivity contribution in [1.29, 1.82) is 0 Å². The summed E-state index contributed by atoms with van der Waals surface area (Å²) in [5.41, 5.74) is 2.87. The fourth-order valence-electron chi connectivity index (χ4n) is 2.61. The number of hydrogen-bond donors (Lipinski definition) is 1. The van der Waals surface area contributed by atoms with Crippen molar-refractivity contribution in [3.8, 4) is 0 Å². The molecule has 0 saturated carbocycles. The van der Waals surface area contributed by atoms with Crippen molar-refractivity contribution in [3.63, 3.8) is 0 Å². The third kappa shape index (κ3) is 4.66. The molecule has 2 fully saturated rings. The van der Waals surface area contributed by atoms with E-state index in [1.54, 1.807) is 0 Å². The zero-order chi connectivity index (χ0) is 13.7. The zero-order valence-electron chi connectivity index (χ0n) is 12.1. The normalized spacial score (nSPS) is 27.7. The summed E-state index contributed by atoms with van der Waals surface area (Å²) < 4.78 is 5.42. The molecule has 19 heavy (non-hydrogen) atoms. The lowest BCUT2D eigenvalue weighted by Crippen LogP contribution is -2.43. The molecule has 5 nitrogen and oxygen atoms in total. The molecule has 0 aromatic rings. The lowest BCUT2D eigenvalue weighted by atomic mass is 9.85. The highest BCUT2D eigenvalue weighted by molar-refractivity contribution is 5.73. The van der Waals surface area contributed by atoms with Crippen LogP contribution in [0.4, 0.5) is 4.79 Å². The topological polar surface area (TPSA) is 50.8 Å². The Morgan fingerprint density at radius 1 is 1.26 bits per heavy atom. The Kier molecular flexibility index (Phi) is 5.05. The van der Waals surface area contributed by atoms with Crippen LogP contribution in [-0.4, -0.2) is 36.9 Å². The first kappa shape index (κ1) is 14.6. The van der Waals surface area contributed by atoms with Gasteiger partial charge >= 0.3 is 6.03 Å². The molecule has 2 rings (SSSR count). The van der Waals surface area contributed by atoms with Crippen molar-refractivity contribution in [2.45, 2.75) is 58.7 Å². The van der Waals surface area contributed by atoms with E-state index in [-0.39, 0.29) is 12.3 Å². The fraction of sp³-hybridized carbons (Fsp3) is 0.929. The number of amides is 2. The zero-order valence-corrected chi connectivity index (χ0v) is 12.1. The van der Waals surface area contributed by atoms with Gasteiger partial charge in [0, 0.05) is 26.1 Å². The molecule has 0 aromatic heterocycles.